The van der Waals surface area contributed by atoms with E-state index in [0.717, 1.165) is 35.3 Å². The molecule has 0 radical (unpaired) electrons. The maximum Gasteiger partial charge on any atom is 0.410 e. The normalized spacial score (nSPS) is 18.0. The lowest BCUT2D eigenvalue weighted by Crippen LogP contribution is -2.61. The van der Waals surface area contributed by atoms with Gasteiger partial charge < -0.3 is 14.6 Å². The highest BCUT2D eigenvalue weighted by molar-refractivity contribution is 5.80. The number of rotatable bonds is 1. The number of likely N-dealkylation sites (tertiary alicyclic amines) is 1. The lowest BCUT2D eigenvalue weighted by molar-refractivity contribution is -0.00969. The molecule has 1 N–H and O–H groups in total. The number of nitrogens with zero attached hydrogens (tertiary/aromatic N) is 4. The van der Waals surface area contributed by atoms with Gasteiger partial charge in [0.05, 0.1) is 5.69 Å². The van der Waals surface area contributed by atoms with Crippen LogP contribution in [-0.2, 0) is 16.7 Å². The van der Waals surface area contributed by atoms with Gasteiger partial charge in [0.2, 0.25) is 0 Å². The van der Waals surface area contributed by atoms with Crippen molar-refractivity contribution in [3.05, 3.63) is 36.3 Å². The summed E-state index contributed by atoms with van der Waals surface area (Å²) in [7, 11) is 0. The van der Waals surface area contributed by atoms with Crippen LogP contribution in [0.1, 0.15) is 32.9 Å². The van der Waals surface area contributed by atoms with Gasteiger partial charge in [-0.1, -0.05) is 0 Å². The summed E-state index contributed by atoms with van der Waals surface area (Å²) in [4.78, 5) is 21.7. The fraction of sp³-hybridized carbons (Fsp3) is 0.450. The van der Waals surface area contributed by atoms with Crippen LogP contribution in [-0.4, -0.2) is 49.4 Å². The standard InChI is InChI=1S/C20H23N5O2/c1-19(2,3)27-18(26)24-11-20(12-24)5-7-25-16(20)9-15(23-25)14-8-13-4-6-21-17(13)22-10-14/h4,6,8-10H,5,7,11-12H2,1-3H3,(H,21,22). The number of carbonyl (C=O) groups excluding carboxylic acids is 1. The Balaban J connectivity index is 1.38. The SMILES string of the molecule is CC(C)(C)OC(=O)N1CC2(CCn3nc(-c4cnc5[nH]ccc5c4)cc32)C1. The highest BCUT2D eigenvalue weighted by Crippen LogP contribution is 2.44. The Morgan fingerprint density at radius 1 is 1.30 bits per heavy atom. The monoisotopic (exact) mass is 365 g/mol. The number of H-pyrrole nitrogens is 1. The Morgan fingerprint density at radius 2 is 2.11 bits per heavy atom. The van der Waals surface area contributed by atoms with E-state index in [0.29, 0.717) is 13.1 Å². The molecular weight excluding hydrogens is 342 g/mol. The number of fused-ring (bicyclic) bond motifs is 3. The Labute approximate surface area is 157 Å². The molecule has 7 heteroatoms. The third kappa shape index (κ3) is 2.60. The molecule has 1 saturated heterocycles. The van der Waals surface area contributed by atoms with Gasteiger partial charge in [0.1, 0.15) is 11.2 Å². The first kappa shape index (κ1) is 16.4. The van der Waals surface area contributed by atoms with Crippen molar-refractivity contribution in [2.24, 2.45) is 0 Å². The van der Waals surface area contributed by atoms with Crippen molar-refractivity contribution in [3.8, 4) is 11.3 Å². The third-order valence-electron chi connectivity index (χ3n) is 5.46. The van der Waals surface area contributed by atoms with Crippen LogP contribution in [0.15, 0.2) is 30.6 Å². The molecule has 2 aliphatic rings. The van der Waals surface area contributed by atoms with Crippen molar-refractivity contribution in [1.82, 2.24) is 24.6 Å². The number of aryl methyl sites for hydroxylation is 1. The van der Waals surface area contributed by atoms with Gasteiger partial charge in [-0.3, -0.25) is 4.68 Å². The molecule has 0 atom stereocenters. The molecule has 27 heavy (non-hydrogen) atoms. The van der Waals surface area contributed by atoms with E-state index in [2.05, 4.69) is 26.8 Å². The number of ether oxygens (including phenoxy) is 1. The number of pyridine rings is 1. The van der Waals surface area contributed by atoms with Crippen LogP contribution in [0.25, 0.3) is 22.3 Å². The number of carbonyl (C=O) groups is 1. The molecule has 1 spiro atoms. The van der Waals surface area contributed by atoms with E-state index in [1.54, 1.807) is 4.90 Å². The molecule has 5 rings (SSSR count). The van der Waals surface area contributed by atoms with Crippen LogP contribution in [0.4, 0.5) is 4.79 Å². The quantitative estimate of drug-likeness (QED) is 0.718. The van der Waals surface area contributed by atoms with Crippen LogP contribution in [0, 0.1) is 0 Å². The van der Waals surface area contributed by atoms with Crippen molar-refractivity contribution >= 4 is 17.1 Å². The highest BCUT2D eigenvalue weighted by Gasteiger charge is 2.52. The molecule has 3 aromatic heterocycles. The van der Waals surface area contributed by atoms with E-state index in [1.807, 2.05) is 39.2 Å². The molecule has 3 aromatic rings. The van der Waals surface area contributed by atoms with Crippen LogP contribution in [0.5, 0.6) is 0 Å². The van der Waals surface area contributed by atoms with Gasteiger partial charge in [-0.2, -0.15) is 5.10 Å². The second-order valence-electron chi connectivity index (χ2n) is 8.64. The zero-order valence-corrected chi connectivity index (χ0v) is 15.8. The van der Waals surface area contributed by atoms with Crippen molar-refractivity contribution in [2.45, 2.75) is 44.8 Å². The van der Waals surface area contributed by atoms with Crippen LogP contribution < -0.4 is 0 Å². The summed E-state index contributed by atoms with van der Waals surface area (Å²) in [5.74, 6) is 0. The van der Waals surface area contributed by atoms with Gasteiger partial charge in [0.25, 0.3) is 0 Å². The van der Waals surface area contributed by atoms with Crippen LogP contribution >= 0.6 is 0 Å². The number of nitrogens with one attached hydrogen (secondary N) is 1. The predicted octanol–water partition coefficient (Wildman–Crippen LogP) is 3.32. The van der Waals surface area contributed by atoms with Crippen molar-refractivity contribution in [1.29, 1.82) is 0 Å². The Hall–Kier alpha value is -2.83. The number of aromatic amines is 1. The van der Waals surface area contributed by atoms with Crippen molar-refractivity contribution in [3.63, 3.8) is 0 Å². The number of hydrogen-bond donors (Lipinski definition) is 1. The smallest absolute Gasteiger partial charge is 0.410 e. The van der Waals surface area contributed by atoms with Crippen LogP contribution in [0.3, 0.4) is 0 Å². The van der Waals surface area contributed by atoms with E-state index in [-0.39, 0.29) is 11.5 Å². The molecule has 7 nitrogen and oxygen atoms in total. The largest absolute Gasteiger partial charge is 0.444 e. The summed E-state index contributed by atoms with van der Waals surface area (Å²) in [5.41, 5.74) is 3.60. The maximum absolute atomic E-state index is 12.3. The summed E-state index contributed by atoms with van der Waals surface area (Å²) in [6, 6.07) is 6.29. The zero-order valence-electron chi connectivity index (χ0n) is 15.8. The minimum atomic E-state index is -0.464. The number of aromatic nitrogens is 4. The Morgan fingerprint density at radius 3 is 2.89 bits per heavy atom. The number of amides is 1. The first-order valence-electron chi connectivity index (χ1n) is 9.33. The minimum absolute atomic E-state index is 0.00771. The van der Waals surface area contributed by atoms with Gasteiger partial charge in [0, 0.05) is 54.1 Å². The Bertz CT molecular complexity index is 1040. The molecule has 140 valence electrons. The van der Waals surface area contributed by atoms with Gasteiger partial charge in [-0.05, 0) is 45.4 Å². The van der Waals surface area contributed by atoms with E-state index in [4.69, 9.17) is 9.84 Å². The summed E-state index contributed by atoms with van der Waals surface area (Å²) in [6.07, 6.45) is 4.54. The van der Waals surface area contributed by atoms with Gasteiger partial charge in [-0.25, -0.2) is 9.78 Å². The number of hydrogen-bond acceptors (Lipinski definition) is 4. The lowest BCUT2D eigenvalue weighted by atomic mass is 9.76. The van der Waals surface area contributed by atoms with E-state index < -0.39 is 5.60 Å². The van der Waals surface area contributed by atoms with Gasteiger partial charge >= 0.3 is 6.09 Å². The molecule has 0 aromatic carbocycles. The third-order valence-corrected chi connectivity index (χ3v) is 5.46. The van der Waals surface area contributed by atoms with Crippen molar-refractivity contribution < 1.29 is 9.53 Å². The second kappa shape index (κ2) is 5.34. The zero-order chi connectivity index (χ0) is 18.8. The summed E-state index contributed by atoms with van der Waals surface area (Å²) in [6.45, 7) is 7.97. The van der Waals surface area contributed by atoms with Crippen molar-refractivity contribution in [2.75, 3.05) is 13.1 Å². The molecule has 2 aliphatic heterocycles. The molecular formula is C20H23N5O2. The first-order chi connectivity index (χ1) is 12.8. The predicted molar refractivity (Wildman–Crippen MR) is 101 cm³/mol. The summed E-state index contributed by atoms with van der Waals surface area (Å²) in [5, 5.41) is 5.87. The average Bonchev–Trinajstić information content (AvgIpc) is 3.24. The van der Waals surface area contributed by atoms with Gasteiger partial charge in [-0.15, -0.1) is 0 Å². The van der Waals surface area contributed by atoms with Gasteiger partial charge in [0.15, 0.2) is 0 Å². The topological polar surface area (TPSA) is 76.0 Å². The highest BCUT2D eigenvalue weighted by atomic mass is 16.6. The molecule has 5 heterocycles. The van der Waals surface area contributed by atoms with E-state index >= 15 is 0 Å². The van der Waals surface area contributed by atoms with E-state index in [1.165, 1.54) is 5.69 Å². The second-order valence-corrected chi connectivity index (χ2v) is 8.64. The molecule has 1 amide bonds. The minimum Gasteiger partial charge on any atom is -0.444 e. The average molecular weight is 365 g/mol. The Kier molecular flexibility index (Phi) is 3.24. The van der Waals surface area contributed by atoms with Crippen LogP contribution in [0.2, 0.25) is 0 Å². The van der Waals surface area contributed by atoms with E-state index in [9.17, 15) is 4.79 Å². The molecule has 0 bridgehead atoms. The fourth-order valence-corrected chi connectivity index (χ4v) is 4.14. The summed E-state index contributed by atoms with van der Waals surface area (Å²) >= 11 is 0. The first-order valence-corrected chi connectivity index (χ1v) is 9.33. The fourth-order valence-electron chi connectivity index (χ4n) is 4.14. The summed E-state index contributed by atoms with van der Waals surface area (Å²) < 4.78 is 7.58. The molecule has 0 aliphatic carbocycles. The molecule has 0 unspecified atom stereocenters. The molecule has 1 fully saturated rings. The molecule has 0 saturated carbocycles. The maximum atomic E-state index is 12.3. The lowest BCUT2D eigenvalue weighted by Gasteiger charge is -2.47.